The standard InChI is InChI=1S/C10H7N3O5/c1-5-2-6(4-7(3-5)13(16)17)9-11-8(10(14)15)12-18-9/h2-4H,1H3,(H,14,15). The Morgan fingerprint density at radius 1 is 1.44 bits per heavy atom. The molecule has 0 spiro atoms. The summed E-state index contributed by atoms with van der Waals surface area (Å²) < 4.78 is 4.74. The van der Waals surface area contributed by atoms with Crippen LogP contribution in [0.4, 0.5) is 5.69 Å². The number of non-ortho nitro benzene ring substituents is 1. The average molecular weight is 249 g/mol. The predicted octanol–water partition coefficient (Wildman–Crippen LogP) is 1.65. The zero-order chi connectivity index (χ0) is 13.3. The van der Waals surface area contributed by atoms with E-state index < -0.39 is 16.7 Å². The number of hydrogen-bond acceptors (Lipinski definition) is 6. The second-order valence-corrected chi connectivity index (χ2v) is 3.54. The van der Waals surface area contributed by atoms with Crippen LogP contribution in [0.3, 0.4) is 0 Å². The monoisotopic (exact) mass is 249 g/mol. The minimum absolute atomic E-state index is 0.0702. The molecule has 2 aromatic rings. The summed E-state index contributed by atoms with van der Waals surface area (Å²) in [6.45, 7) is 1.67. The van der Waals surface area contributed by atoms with Gasteiger partial charge in [-0.3, -0.25) is 10.1 Å². The van der Waals surface area contributed by atoms with Crippen LogP contribution in [0, 0.1) is 17.0 Å². The van der Waals surface area contributed by atoms with E-state index in [4.69, 9.17) is 9.63 Å². The molecule has 2 rings (SSSR count). The Bertz CT molecular complexity index is 634. The van der Waals surface area contributed by atoms with Crippen LogP contribution in [0.15, 0.2) is 22.7 Å². The Morgan fingerprint density at radius 3 is 2.72 bits per heavy atom. The maximum absolute atomic E-state index is 10.7. The highest BCUT2D eigenvalue weighted by molar-refractivity contribution is 5.83. The van der Waals surface area contributed by atoms with Gasteiger partial charge in [0.2, 0.25) is 0 Å². The maximum Gasteiger partial charge on any atom is 0.377 e. The third kappa shape index (κ3) is 2.17. The molecule has 0 saturated heterocycles. The van der Waals surface area contributed by atoms with Crippen LogP contribution in [0.2, 0.25) is 0 Å². The summed E-state index contributed by atoms with van der Waals surface area (Å²) in [6.07, 6.45) is 0. The lowest BCUT2D eigenvalue weighted by Crippen LogP contribution is -1.98. The van der Waals surface area contributed by atoms with Gasteiger partial charge in [0, 0.05) is 17.7 Å². The molecule has 0 amide bonds. The first-order chi connectivity index (χ1) is 8.47. The number of benzene rings is 1. The van der Waals surface area contributed by atoms with Crippen molar-refractivity contribution in [3.05, 3.63) is 39.7 Å². The fraction of sp³-hybridized carbons (Fsp3) is 0.100. The molecule has 1 heterocycles. The van der Waals surface area contributed by atoms with Gasteiger partial charge in [0.05, 0.1) is 4.92 Å². The number of hydrogen-bond donors (Lipinski definition) is 1. The number of rotatable bonds is 3. The maximum atomic E-state index is 10.7. The quantitative estimate of drug-likeness (QED) is 0.648. The number of aryl methyl sites for hydroxylation is 1. The number of nitro groups is 1. The molecule has 8 heteroatoms. The van der Waals surface area contributed by atoms with Crippen LogP contribution < -0.4 is 0 Å². The lowest BCUT2D eigenvalue weighted by molar-refractivity contribution is -0.384. The Hall–Kier alpha value is -2.77. The molecule has 0 fully saturated rings. The SMILES string of the molecule is Cc1cc(-c2nc(C(=O)O)no2)cc([N+](=O)[O-])c1. The van der Waals surface area contributed by atoms with Crippen molar-refractivity contribution in [1.29, 1.82) is 0 Å². The second-order valence-electron chi connectivity index (χ2n) is 3.54. The van der Waals surface area contributed by atoms with Gasteiger partial charge in [-0.1, -0.05) is 0 Å². The number of carboxylic acid groups (broad SMARTS) is 1. The summed E-state index contributed by atoms with van der Waals surface area (Å²) in [5.41, 5.74) is 0.816. The third-order valence-corrected chi connectivity index (χ3v) is 2.14. The molecular formula is C10H7N3O5. The molecule has 0 atom stereocenters. The summed E-state index contributed by atoms with van der Waals surface area (Å²) in [5, 5.41) is 22.6. The molecule has 1 aromatic heterocycles. The van der Waals surface area contributed by atoms with Gasteiger partial charge in [-0.15, -0.1) is 0 Å². The first-order valence-electron chi connectivity index (χ1n) is 4.81. The van der Waals surface area contributed by atoms with Crippen molar-refractivity contribution in [1.82, 2.24) is 10.1 Å². The number of aromatic carboxylic acids is 1. The molecule has 8 nitrogen and oxygen atoms in total. The largest absolute Gasteiger partial charge is 0.475 e. The molecule has 0 bridgehead atoms. The van der Waals surface area contributed by atoms with Crippen molar-refractivity contribution >= 4 is 11.7 Å². The molecule has 92 valence electrons. The van der Waals surface area contributed by atoms with Crippen molar-refractivity contribution in [3.8, 4) is 11.5 Å². The van der Waals surface area contributed by atoms with Gasteiger partial charge in [-0.2, -0.15) is 4.98 Å². The Labute approximate surface area is 100 Å². The topological polar surface area (TPSA) is 119 Å². The molecule has 1 N–H and O–H groups in total. The number of nitro benzene ring substituents is 1. The van der Waals surface area contributed by atoms with Crippen LogP contribution in [0.1, 0.15) is 16.2 Å². The molecule has 0 aliphatic heterocycles. The summed E-state index contributed by atoms with van der Waals surface area (Å²) >= 11 is 0. The molecule has 18 heavy (non-hydrogen) atoms. The highest BCUT2D eigenvalue weighted by Gasteiger charge is 2.17. The first kappa shape index (κ1) is 11.7. The fourth-order valence-corrected chi connectivity index (χ4v) is 1.42. The summed E-state index contributed by atoms with van der Waals surface area (Å²) in [5.74, 6) is -1.89. The van der Waals surface area contributed by atoms with Gasteiger partial charge in [0.25, 0.3) is 17.4 Å². The van der Waals surface area contributed by atoms with Crippen LogP contribution in [0.5, 0.6) is 0 Å². The van der Waals surface area contributed by atoms with Gasteiger partial charge in [-0.05, 0) is 23.7 Å². The van der Waals surface area contributed by atoms with Gasteiger partial charge in [0.15, 0.2) is 0 Å². The van der Waals surface area contributed by atoms with Crippen molar-refractivity contribution in [2.24, 2.45) is 0 Å². The van der Waals surface area contributed by atoms with Crippen LogP contribution in [0.25, 0.3) is 11.5 Å². The Kier molecular flexibility index (Phi) is 2.76. The lowest BCUT2D eigenvalue weighted by Gasteiger charge is -1.97. The first-order valence-corrected chi connectivity index (χ1v) is 4.81. The molecule has 0 unspecified atom stereocenters. The minimum atomic E-state index is -1.33. The van der Waals surface area contributed by atoms with Gasteiger partial charge in [-0.25, -0.2) is 4.79 Å². The normalized spacial score (nSPS) is 10.3. The predicted molar refractivity (Wildman–Crippen MR) is 58.1 cm³/mol. The molecule has 0 aliphatic carbocycles. The number of carbonyl (C=O) groups is 1. The number of nitrogens with zero attached hydrogens (tertiary/aromatic N) is 3. The fourth-order valence-electron chi connectivity index (χ4n) is 1.42. The van der Waals surface area contributed by atoms with E-state index in [1.807, 2.05) is 0 Å². The zero-order valence-electron chi connectivity index (χ0n) is 9.15. The van der Waals surface area contributed by atoms with Gasteiger partial charge >= 0.3 is 5.97 Å². The highest BCUT2D eigenvalue weighted by Crippen LogP contribution is 2.24. The summed E-state index contributed by atoms with van der Waals surface area (Å²) in [4.78, 5) is 24.4. The van der Waals surface area contributed by atoms with E-state index >= 15 is 0 Å². The smallest absolute Gasteiger partial charge is 0.377 e. The lowest BCUT2D eigenvalue weighted by atomic mass is 10.1. The van der Waals surface area contributed by atoms with Crippen LogP contribution in [-0.4, -0.2) is 26.1 Å². The van der Waals surface area contributed by atoms with Crippen LogP contribution >= 0.6 is 0 Å². The van der Waals surface area contributed by atoms with E-state index in [9.17, 15) is 14.9 Å². The van der Waals surface area contributed by atoms with E-state index in [2.05, 4.69) is 10.1 Å². The van der Waals surface area contributed by atoms with Crippen molar-refractivity contribution in [3.63, 3.8) is 0 Å². The van der Waals surface area contributed by atoms with E-state index in [1.54, 1.807) is 13.0 Å². The van der Waals surface area contributed by atoms with E-state index in [-0.39, 0.29) is 11.6 Å². The van der Waals surface area contributed by atoms with E-state index in [1.165, 1.54) is 12.1 Å². The van der Waals surface area contributed by atoms with E-state index in [0.717, 1.165) is 0 Å². The molecule has 0 radical (unpaired) electrons. The Balaban J connectivity index is 2.49. The van der Waals surface area contributed by atoms with Gasteiger partial charge < -0.3 is 9.63 Å². The van der Waals surface area contributed by atoms with Crippen LogP contribution in [-0.2, 0) is 0 Å². The third-order valence-electron chi connectivity index (χ3n) is 2.14. The molecule has 0 saturated carbocycles. The van der Waals surface area contributed by atoms with E-state index in [0.29, 0.717) is 11.1 Å². The minimum Gasteiger partial charge on any atom is -0.475 e. The van der Waals surface area contributed by atoms with Crippen molar-refractivity contribution in [2.75, 3.05) is 0 Å². The zero-order valence-corrected chi connectivity index (χ0v) is 9.15. The van der Waals surface area contributed by atoms with Crippen molar-refractivity contribution < 1.29 is 19.3 Å². The second kappa shape index (κ2) is 4.24. The summed E-state index contributed by atoms with van der Waals surface area (Å²) in [7, 11) is 0. The molecular weight excluding hydrogens is 242 g/mol. The average Bonchev–Trinajstić information content (AvgIpc) is 2.77. The molecule has 0 aliphatic rings. The molecule has 1 aromatic carbocycles. The van der Waals surface area contributed by atoms with Crippen molar-refractivity contribution in [2.45, 2.75) is 6.92 Å². The summed E-state index contributed by atoms with van der Waals surface area (Å²) in [6, 6.07) is 4.22. The van der Waals surface area contributed by atoms with Gasteiger partial charge in [0.1, 0.15) is 0 Å². The Morgan fingerprint density at radius 2 is 2.17 bits per heavy atom. The number of carboxylic acids is 1. The number of aromatic nitrogens is 2. The highest BCUT2D eigenvalue weighted by atomic mass is 16.6.